The Hall–Kier alpha value is -2.47. The highest BCUT2D eigenvalue weighted by Gasteiger charge is 2.19. The first-order chi connectivity index (χ1) is 9.49. The van der Waals surface area contributed by atoms with Crippen molar-refractivity contribution in [2.45, 2.75) is 20.0 Å². The zero-order valence-corrected chi connectivity index (χ0v) is 11.1. The van der Waals surface area contributed by atoms with E-state index in [-0.39, 0.29) is 17.3 Å². The van der Waals surface area contributed by atoms with Crippen LogP contribution in [0.5, 0.6) is 11.6 Å². The highest BCUT2D eigenvalue weighted by atomic mass is 16.6. The minimum Gasteiger partial charge on any atom is -0.432 e. The van der Waals surface area contributed by atoms with Crippen molar-refractivity contribution < 1.29 is 14.8 Å². The summed E-state index contributed by atoms with van der Waals surface area (Å²) in [4.78, 5) is 14.6. The fourth-order valence-corrected chi connectivity index (χ4v) is 1.80. The van der Waals surface area contributed by atoms with Gasteiger partial charge in [-0.05, 0) is 31.5 Å². The summed E-state index contributed by atoms with van der Waals surface area (Å²) in [5.74, 6) is 0.336. The molecule has 1 atom stereocenters. The van der Waals surface area contributed by atoms with Gasteiger partial charge in [0, 0.05) is 17.8 Å². The van der Waals surface area contributed by atoms with E-state index < -0.39 is 11.0 Å². The van der Waals surface area contributed by atoms with Crippen LogP contribution in [0.1, 0.15) is 24.2 Å². The second-order valence-electron chi connectivity index (χ2n) is 4.38. The normalized spacial score (nSPS) is 11.9. The molecular formula is C14H14N2O4. The molecule has 20 heavy (non-hydrogen) atoms. The Balaban J connectivity index is 2.38. The van der Waals surface area contributed by atoms with Gasteiger partial charge in [0.25, 0.3) is 0 Å². The Kier molecular flexibility index (Phi) is 3.95. The summed E-state index contributed by atoms with van der Waals surface area (Å²) in [5.41, 5.74) is 1.06. The monoisotopic (exact) mass is 274 g/mol. The lowest BCUT2D eigenvalue weighted by Crippen LogP contribution is -1.98. The lowest BCUT2D eigenvalue weighted by Gasteiger charge is -2.09. The van der Waals surface area contributed by atoms with Gasteiger partial charge in [0.15, 0.2) is 0 Å². The van der Waals surface area contributed by atoms with Gasteiger partial charge in [0.2, 0.25) is 11.6 Å². The summed E-state index contributed by atoms with van der Waals surface area (Å²) in [6.45, 7) is 3.26. The maximum Gasteiger partial charge on any atom is 0.314 e. The van der Waals surface area contributed by atoms with Gasteiger partial charge in [-0.2, -0.15) is 0 Å². The Bertz CT molecular complexity index is 641. The van der Waals surface area contributed by atoms with Gasteiger partial charge in [-0.15, -0.1) is 0 Å². The van der Waals surface area contributed by atoms with E-state index in [1.807, 2.05) is 0 Å². The summed E-state index contributed by atoms with van der Waals surface area (Å²) < 4.78 is 5.48. The van der Waals surface area contributed by atoms with Crippen LogP contribution in [0.4, 0.5) is 5.69 Å². The van der Waals surface area contributed by atoms with Gasteiger partial charge in [0.05, 0.1) is 11.0 Å². The molecule has 6 nitrogen and oxygen atoms in total. The van der Waals surface area contributed by atoms with Crippen molar-refractivity contribution in [3.63, 3.8) is 0 Å². The number of aliphatic hydroxyl groups is 1. The topological polar surface area (TPSA) is 85.5 Å². The number of benzene rings is 1. The summed E-state index contributed by atoms with van der Waals surface area (Å²) in [6.07, 6.45) is 0.826. The Labute approximate surface area is 115 Å². The number of para-hydroxylation sites is 1. The number of nitro benzene ring substituents is 1. The maximum absolute atomic E-state index is 11.1. The third kappa shape index (κ3) is 2.92. The molecule has 0 saturated heterocycles. The zero-order valence-electron chi connectivity index (χ0n) is 11.1. The van der Waals surface area contributed by atoms with Crippen molar-refractivity contribution in [3.05, 3.63) is 57.8 Å². The van der Waals surface area contributed by atoms with Crippen LogP contribution >= 0.6 is 0 Å². The van der Waals surface area contributed by atoms with Gasteiger partial charge in [-0.25, -0.2) is 4.98 Å². The van der Waals surface area contributed by atoms with E-state index in [9.17, 15) is 15.2 Å². The predicted octanol–water partition coefficient (Wildman–Crippen LogP) is 3.14. The number of nitrogens with zero attached hydrogens (tertiary/aromatic N) is 2. The fourth-order valence-electron chi connectivity index (χ4n) is 1.80. The summed E-state index contributed by atoms with van der Waals surface area (Å²) >= 11 is 0. The molecule has 1 heterocycles. The van der Waals surface area contributed by atoms with Crippen molar-refractivity contribution in [2.75, 3.05) is 0 Å². The lowest BCUT2D eigenvalue weighted by molar-refractivity contribution is -0.386. The van der Waals surface area contributed by atoms with E-state index in [1.54, 1.807) is 38.1 Å². The van der Waals surface area contributed by atoms with E-state index in [2.05, 4.69) is 4.98 Å². The van der Waals surface area contributed by atoms with Crippen LogP contribution < -0.4 is 4.74 Å². The molecule has 0 amide bonds. The van der Waals surface area contributed by atoms with Crippen LogP contribution in [0.3, 0.4) is 0 Å². The summed E-state index contributed by atoms with van der Waals surface area (Å²) in [6, 6.07) is 8.04. The molecular weight excluding hydrogens is 260 g/mol. The first kappa shape index (κ1) is 14.0. The molecule has 1 aromatic carbocycles. The molecule has 6 heteroatoms. The van der Waals surface area contributed by atoms with Gasteiger partial charge < -0.3 is 9.84 Å². The van der Waals surface area contributed by atoms with E-state index in [0.29, 0.717) is 11.1 Å². The van der Waals surface area contributed by atoms with Crippen molar-refractivity contribution in [3.8, 4) is 11.6 Å². The zero-order chi connectivity index (χ0) is 14.7. The number of nitro groups is 1. The van der Waals surface area contributed by atoms with Crippen molar-refractivity contribution in [1.29, 1.82) is 0 Å². The van der Waals surface area contributed by atoms with E-state index in [1.165, 1.54) is 12.3 Å². The first-order valence-corrected chi connectivity index (χ1v) is 6.05. The molecule has 1 N–H and O–H groups in total. The fraction of sp³-hybridized carbons (Fsp3) is 0.214. The average Bonchev–Trinajstić information content (AvgIpc) is 2.38. The molecule has 2 rings (SSSR count). The number of pyridine rings is 1. The van der Waals surface area contributed by atoms with Crippen LogP contribution in [-0.4, -0.2) is 15.0 Å². The largest absolute Gasteiger partial charge is 0.432 e. The minimum atomic E-state index is -0.659. The lowest BCUT2D eigenvalue weighted by atomic mass is 10.2. The molecule has 0 fully saturated rings. The average molecular weight is 274 g/mol. The molecule has 1 aromatic heterocycles. The van der Waals surface area contributed by atoms with Crippen LogP contribution in [0.2, 0.25) is 0 Å². The molecule has 104 valence electrons. The molecule has 0 saturated carbocycles. The molecule has 0 unspecified atom stereocenters. The Morgan fingerprint density at radius 2 is 2.15 bits per heavy atom. The van der Waals surface area contributed by atoms with Gasteiger partial charge >= 0.3 is 5.69 Å². The number of rotatable bonds is 4. The smallest absolute Gasteiger partial charge is 0.314 e. The third-order valence-corrected chi connectivity index (χ3v) is 2.84. The molecule has 0 spiro atoms. The molecule has 0 aliphatic heterocycles. The number of hydrogen-bond donors (Lipinski definition) is 1. The van der Waals surface area contributed by atoms with Crippen LogP contribution in [0.15, 0.2) is 36.5 Å². The SMILES string of the molecule is Cc1cccc(Oc2cc([C@@H](C)O)ccn2)c1[N+](=O)[O-]. The standard InChI is InChI=1S/C14H14N2O4/c1-9-4-3-5-12(14(9)16(18)19)20-13-8-11(10(2)17)6-7-15-13/h3-8,10,17H,1-2H3/t10-/m1/s1. The predicted molar refractivity (Wildman–Crippen MR) is 72.8 cm³/mol. The third-order valence-electron chi connectivity index (χ3n) is 2.84. The molecule has 0 aliphatic rings. The van der Waals surface area contributed by atoms with Crippen LogP contribution in [0, 0.1) is 17.0 Å². The van der Waals surface area contributed by atoms with Crippen molar-refractivity contribution >= 4 is 5.69 Å². The van der Waals surface area contributed by atoms with Crippen LogP contribution in [-0.2, 0) is 0 Å². The van der Waals surface area contributed by atoms with Gasteiger partial charge in [-0.3, -0.25) is 10.1 Å². The van der Waals surface area contributed by atoms with Crippen molar-refractivity contribution in [2.24, 2.45) is 0 Å². The van der Waals surface area contributed by atoms with Crippen molar-refractivity contribution in [1.82, 2.24) is 4.98 Å². The number of ether oxygens (including phenoxy) is 1. The molecule has 0 bridgehead atoms. The minimum absolute atomic E-state index is 0.0863. The summed E-state index contributed by atoms with van der Waals surface area (Å²) in [7, 11) is 0. The van der Waals surface area contributed by atoms with E-state index >= 15 is 0 Å². The van der Waals surface area contributed by atoms with Crippen LogP contribution in [0.25, 0.3) is 0 Å². The number of hydrogen-bond acceptors (Lipinski definition) is 5. The second kappa shape index (κ2) is 5.66. The van der Waals surface area contributed by atoms with E-state index in [4.69, 9.17) is 4.74 Å². The number of aryl methyl sites for hydroxylation is 1. The van der Waals surface area contributed by atoms with E-state index in [0.717, 1.165) is 0 Å². The second-order valence-corrected chi connectivity index (χ2v) is 4.38. The highest BCUT2D eigenvalue weighted by molar-refractivity contribution is 5.53. The molecule has 2 aromatic rings. The highest BCUT2D eigenvalue weighted by Crippen LogP contribution is 2.33. The number of aromatic nitrogens is 1. The van der Waals surface area contributed by atoms with Gasteiger partial charge in [-0.1, -0.05) is 12.1 Å². The first-order valence-electron chi connectivity index (χ1n) is 6.05. The van der Waals surface area contributed by atoms with Gasteiger partial charge in [0.1, 0.15) is 0 Å². The Morgan fingerprint density at radius 1 is 1.40 bits per heavy atom. The number of aliphatic hydroxyl groups excluding tert-OH is 1. The quantitative estimate of drug-likeness (QED) is 0.683. The Morgan fingerprint density at radius 3 is 2.80 bits per heavy atom. The molecule has 0 aliphatic carbocycles. The summed E-state index contributed by atoms with van der Waals surface area (Å²) in [5, 5.41) is 20.6. The maximum atomic E-state index is 11.1. The molecule has 0 radical (unpaired) electrons.